The molecule has 0 unspecified atom stereocenters. The molecular weight excluding hydrogens is 542 g/mol. The van der Waals surface area contributed by atoms with Gasteiger partial charge in [-0.1, -0.05) is 44.0 Å². The predicted molar refractivity (Wildman–Crippen MR) is 161 cm³/mol. The van der Waals surface area contributed by atoms with Crippen LogP contribution < -0.4 is 5.32 Å². The van der Waals surface area contributed by atoms with Crippen molar-refractivity contribution < 1.29 is 13.6 Å². The first-order valence-corrected chi connectivity index (χ1v) is 14.2. The van der Waals surface area contributed by atoms with Crippen LogP contribution in [0.1, 0.15) is 60.2 Å². The number of rotatable bonds is 9. The average molecular weight is 573 g/mol. The van der Waals surface area contributed by atoms with Crippen LogP contribution in [0.2, 0.25) is 5.02 Å². The predicted octanol–water partition coefficient (Wildman–Crippen LogP) is 8.43. The summed E-state index contributed by atoms with van der Waals surface area (Å²) in [5, 5.41) is 3.75. The van der Waals surface area contributed by atoms with Crippen LogP contribution >= 0.6 is 11.6 Å². The summed E-state index contributed by atoms with van der Waals surface area (Å²) in [5.41, 5.74) is 4.39. The lowest BCUT2D eigenvalue weighted by molar-refractivity contribution is 0.0753. The molecule has 5 nitrogen and oxygen atoms in total. The van der Waals surface area contributed by atoms with Crippen molar-refractivity contribution in [2.75, 3.05) is 18.4 Å². The van der Waals surface area contributed by atoms with Gasteiger partial charge in [0.05, 0.1) is 17.8 Å². The Labute approximate surface area is 243 Å². The van der Waals surface area contributed by atoms with Crippen LogP contribution in [0.15, 0.2) is 77.9 Å². The van der Waals surface area contributed by atoms with Crippen molar-refractivity contribution >= 4 is 34.7 Å². The van der Waals surface area contributed by atoms with Gasteiger partial charge in [0.2, 0.25) is 0 Å². The molecule has 0 atom stereocenters. The summed E-state index contributed by atoms with van der Waals surface area (Å²) in [7, 11) is 0. The van der Waals surface area contributed by atoms with Crippen molar-refractivity contribution in [2.24, 2.45) is 4.99 Å². The van der Waals surface area contributed by atoms with E-state index >= 15 is 0 Å². The highest BCUT2D eigenvalue weighted by Gasteiger charge is 2.24. The summed E-state index contributed by atoms with van der Waals surface area (Å²) in [6.45, 7) is 5.88. The van der Waals surface area contributed by atoms with E-state index in [0.717, 1.165) is 54.7 Å². The van der Waals surface area contributed by atoms with Gasteiger partial charge in [0, 0.05) is 41.1 Å². The van der Waals surface area contributed by atoms with Crippen molar-refractivity contribution in [3.05, 3.63) is 112 Å². The van der Waals surface area contributed by atoms with Gasteiger partial charge < -0.3 is 10.2 Å². The maximum atomic E-state index is 14.8. The van der Waals surface area contributed by atoms with Gasteiger partial charge in [-0.2, -0.15) is 0 Å². The number of aromatic nitrogens is 1. The lowest BCUT2D eigenvalue weighted by atomic mass is 9.92. The van der Waals surface area contributed by atoms with Crippen LogP contribution in [0.3, 0.4) is 0 Å². The number of aliphatic imine (C=N–C) groups is 1. The zero-order chi connectivity index (χ0) is 28.9. The maximum Gasteiger partial charge on any atom is 0.253 e. The number of fused-ring (bicyclic) bond motifs is 3. The third-order valence-electron chi connectivity index (χ3n) is 7.09. The minimum absolute atomic E-state index is 0.0346. The second kappa shape index (κ2) is 12.6. The Morgan fingerprint density at radius 3 is 2.39 bits per heavy atom. The molecule has 4 aromatic rings. The van der Waals surface area contributed by atoms with Crippen molar-refractivity contribution in [2.45, 2.75) is 39.7 Å². The maximum absolute atomic E-state index is 14.8. The molecule has 0 aliphatic carbocycles. The number of carbonyl (C=O) groups excluding carboxylic acids is 1. The van der Waals surface area contributed by atoms with Crippen molar-refractivity contribution in [3.63, 3.8) is 0 Å². The molecule has 1 aliphatic heterocycles. The fraction of sp³-hybridized carbons (Fsp3) is 0.242. The molecule has 210 valence electrons. The van der Waals surface area contributed by atoms with Gasteiger partial charge in [-0.05, 0) is 84.1 Å². The number of nitrogens with one attached hydrogen (secondary N) is 1. The third-order valence-corrected chi connectivity index (χ3v) is 7.32. The van der Waals surface area contributed by atoms with Gasteiger partial charge in [0.15, 0.2) is 0 Å². The van der Waals surface area contributed by atoms with Crippen LogP contribution in [0, 0.1) is 11.6 Å². The summed E-state index contributed by atoms with van der Waals surface area (Å²) in [4.78, 5) is 24.1. The quantitative estimate of drug-likeness (QED) is 0.219. The molecule has 0 spiro atoms. The van der Waals surface area contributed by atoms with Crippen molar-refractivity contribution in [3.8, 4) is 11.1 Å². The number of hydrogen-bond donors (Lipinski definition) is 1. The number of carbonyl (C=O) groups is 1. The highest BCUT2D eigenvalue weighted by atomic mass is 35.5. The molecule has 8 heteroatoms. The smallest absolute Gasteiger partial charge is 0.253 e. The first kappa shape index (κ1) is 28.4. The fourth-order valence-electron chi connectivity index (χ4n) is 5.02. The van der Waals surface area contributed by atoms with E-state index in [0.29, 0.717) is 22.0 Å². The molecule has 1 aromatic heterocycles. The molecule has 41 heavy (non-hydrogen) atoms. The van der Waals surface area contributed by atoms with E-state index < -0.39 is 11.6 Å². The molecule has 1 amide bonds. The molecule has 0 bridgehead atoms. The molecule has 0 fully saturated rings. The summed E-state index contributed by atoms with van der Waals surface area (Å²) in [6, 6.07) is 18.3. The highest BCUT2D eigenvalue weighted by Crippen LogP contribution is 2.36. The minimum atomic E-state index is -0.689. The van der Waals surface area contributed by atoms with E-state index in [1.54, 1.807) is 18.3 Å². The lowest BCUT2D eigenvalue weighted by Crippen LogP contribution is -2.32. The van der Waals surface area contributed by atoms with E-state index in [-0.39, 0.29) is 23.7 Å². The molecule has 5 rings (SSSR count). The Hall–Kier alpha value is -4.10. The second-order valence-electron chi connectivity index (χ2n) is 10.0. The standard InChI is InChI=1S/C33H31ClF2N4O/c1-3-5-16-40(15-4-2)33(41)21-9-12-24(13-10-21)39-30-18-26-22(19-37-30)20-38-32(27-17-23(34)11-14-25(26)27)31-28(35)7-6-8-29(31)36/h6-14,17-19H,3-5,15-16,20H2,1-2H3,(H,37,39). The molecule has 1 aliphatic rings. The molecule has 2 heterocycles. The summed E-state index contributed by atoms with van der Waals surface area (Å²) < 4.78 is 29.6. The number of anilines is 2. The number of benzene rings is 3. The van der Waals surface area contributed by atoms with E-state index in [4.69, 9.17) is 11.6 Å². The Kier molecular flexibility index (Phi) is 8.74. The Morgan fingerprint density at radius 2 is 1.68 bits per heavy atom. The van der Waals surface area contributed by atoms with Gasteiger partial charge in [-0.25, -0.2) is 13.8 Å². The van der Waals surface area contributed by atoms with Crippen LogP contribution in [0.25, 0.3) is 11.1 Å². The SMILES string of the molecule is CCCCN(CCC)C(=O)c1ccc(Nc2cc3c(cn2)CN=C(c2c(F)cccc2F)c2cc(Cl)ccc2-3)cc1. The first-order chi connectivity index (χ1) is 19.9. The van der Waals surface area contributed by atoms with Crippen LogP contribution in [-0.4, -0.2) is 34.6 Å². The van der Waals surface area contributed by atoms with Crippen LogP contribution in [0.4, 0.5) is 20.3 Å². The Balaban J connectivity index is 1.44. The third kappa shape index (κ3) is 6.15. The zero-order valence-corrected chi connectivity index (χ0v) is 23.8. The van der Waals surface area contributed by atoms with Gasteiger partial charge in [-0.3, -0.25) is 9.79 Å². The number of amides is 1. The molecule has 3 aromatic carbocycles. The fourth-order valence-corrected chi connectivity index (χ4v) is 5.20. The van der Waals surface area contributed by atoms with E-state index in [2.05, 4.69) is 29.1 Å². The van der Waals surface area contributed by atoms with Crippen molar-refractivity contribution in [1.29, 1.82) is 0 Å². The molecular formula is C33H31ClF2N4O. The molecule has 1 N–H and O–H groups in total. The number of unbranched alkanes of at least 4 members (excludes halogenated alkanes) is 1. The van der Waals surface area contributed by atoms with E-state index in [9.17, 15) is 13.6 Å². The average Bonchev–Trinajstić information content (AvgIpc) is 3.12. The van der Waals surface area contributed by atoms with Gasteiger partial charge in [-0.15, -0.1) is 0 Å². The van der Waals surface area contributed by atoms with E-state index in [1.165, 1.54) is 18.2 Å². The second-order valence-corrected chi connectivity index (χ2v) is 10.5. The largest absolute Gasteiger partial charge is 0.340 e. The zero-order valence-electron chi connectivity index (χ0n) is 23.1. The van der Waals surface area contributed by atoms with Gasteiger partial charge >= 0.3 is 0 Å². The van der Waals surface area contributed by atoms with Crippen LogP contribution in [0.5, 0.6) is 0 Å². The molecule has 0 radical (unpaired) electrons. The number of pyridine rings is 1. The molecule has 0 saturated heterocycles. The summed E-state index contributed by atoms with van der Waals surface area (Å²) >= 11 is 6.33. The topological polar surface area (TPSA) is 57.6 Å². The van der Waals surface area contributed by atoms with Crippen molar-refractivity contribution in [1.82, 2.24) is 9.88 Å². The number of hydrogen-bond acceptors (Lipinski definition) is 4. The van der Waals surface area contributed by atoms with Crippen LogP contribution in [-0.2, 0) is 6.54 Å². The summed E-state index contributed by atoms with van der Waals surface area (Å²) in [6.07, 6.45) is 4.65. The number of halogens is 3. The Bertz CT molecular complexity index is 1580. The normalized spacial score (nSPS) is 12.2. The van der Waals surface area contributed by atoms with E-state index in [1.807, 2.05) is 41.3 Å². The monoisotopic (exact) mass is 572 g/mol. The highest BCUT2D eigenvalue weighted by molar-refractivity contribution is 6.31. The Morgan fingerprint density at radius 1 is 0.927 bits per heavy atom. The molecule has 0 saturated carbocycles. The number of nitrogens with zero attached hydrogens (tertiary/aromatic N) is 3. The minimum Gasteiger partial charge on any atom is -0.340 e. The van der Waals surface area contributed by atoms with Gasteiger partial charge in [0.25, 0.3) is 5.91 Å². The lowest BCUT2D eigenvalue weighted by Gasteiger charge is -2.22. The first-order valence-electron chi connectivity index (χ1n) is 13.8. The van der Waals surface area contributed by atoms with Gasteiger partial charge in [0.1, 0.15) is 17.5 Å². The summed E-state index contributed by atoms with van der Waals surface area (Å²) in [5.74, 6) is -0.760.